The van der Waals surface area contributed by atoms with Gasteiger partial charge in [-0.05, 0) is 48.4 Å². The first kappa shape index (κ1) is 21.1. The van der Waals surface area contributed by atoms with Gasteiger partial charge >= 0.3 is 0 Å². The first-order valence-corrected chi connectivity index (χ1v) is 10.3. The number of benzene rings is 2. The second kappa shape index (κ2) is 9.34. The van der Waals surface area contributed by atoms with E-state index in [4.69, 9.17) is 14.2 Å². The molecule has 2 heterocycles. The number of methoxy groups -OCH3 is 1. The number of rotatable bonds is 7. The highest BCUT2D eigenvalue weighted by Gasteiger charge is 2.32. The van der Waals surface area contributed by atoms with Crippen molar-refractivity contribution in [2.75, 3.05) is 32.1 Å². The number of hydrogen-bond acceptors (Lipinski definition) is 5. The van der Waals surface area contributed by atoms with Crippen molar-refractivity contribution in [3.05, 3.63) is 53.8 Å². The largest absolute Gasteiger partial charge is 0.493 e. The Morgan fingerprint density at radius 3 is 2.74 bits per heavy atom. The summed E-state index contributed by atoms with van der Waals surface area (Å²) in [5, 5.41) is 2.69. The van der Waals surface area contributed by atoms with Crippen LogP contribution in [0.5, 0.6) is 11.5 Å². The van der Waals surface area contributed by atoms with Crippen LogP contribution in [0.2, 0.25) is 0 Å². The number of halogens is 1. The van der Waals surface area contributed by atoms with Crippen molar-refractivity contribution >= 4 is 17.5 Å². The fourth-order valence-corrected chi connectivity index (χ4v) is 3.88. The molecule has 7 nitrogen and oxygen atoms in total. The molecule has 0 radical (unpaired) electrons. The highest BCUT2D eigenvalue weighted by Crippen LogP contribution is 2.36. The van der Waals surface area contributed by atoms with Gasteiger partial charge in [-0.1, -0.05) is 6.07 Å². The van der Waals surface area contributed by atoms with Gasteiger partial charge in [-0.15, -0.1) is 0 Å². The van der Waals surface area contributed by atoms with Gasteiger partial charge in [-0.25, -0.2) is 4.39 Å². The molecule has 0 saturated carbocycles. The molecule has 4 rings (SSSR count). The third-order valence-corrected chi connectivity index (χ3v) is 5.48. The van der Waals surface area contributed by atoms with Gasteiger partial charge in [0.05, 0.1) is 20.3 Å². The average Bonchev–Trinajstić information content (AvgIpc) is 3.40. The second-order valence-corrected chi connectivity index (χ2v) is 7.70. The summed E-state index contributed by atoms with van der Waals surface area (Å²) < 4.78 is 29.9. The lowest BCUT2D eigenvalue weighted by molar-refractivity contribution is -0.131. The first-order chi connectivity index (χ1) is 15.0. The third-order valence-electron chi connectivity index (χ3n) is 5.48. The van der Waals surface area contributed by atoms with Crippen molar-refractivity contribution in [3.63, 3.8) is 0 Å². The van der Waals surface area contributed by atoms with Crippen molar-refractivity contribution in [1.29, 1.82) is 0 Å². The van der Waals surface area contributed by atoms with Crippen LogP contribution in [0.1, 0.15) is 30.7 Å². The maximum Gasteiger partial charge on any atom is 0.243 e. The molecule has 2 aromatic carbocycles. The van der Waals surface area contributed by atoms with Gasteiger partial charge in [0.25, 0.3) is 0 Å². The zero-order valence-corrected chi connectivity index (χ0v) is 17.3. The van der Waals surface area contributed by atoms with E-state index in [0.717, 1.165) is 18.4 Å². The smallest absolute Gasteiger partial charge is 0.243 e. The molecule has 164 valence electrons. The van der Waals surface area contributed by atoms with Gasteiger partial charge in [-0.3, -0.25) is 9.59 Å². The molecule has 2 aliphatic heterocycles. The monoisotopic (exact) mass is 428 g/mol. The second-order valence-electron chi connectivity index (χ2n) is 7.70. The van der Waals surface area contributed by atoms with E-state index in [0.29, 0.717) is 36.8 Å². The predicted molar refractivity (Wildman–Crippen MR) is 112 cm³/mol. The van der Waals surface area contributed by atoms with Crippen LogP contribution in [-0.2, 0) is 14.3 Å². The van der Waals surface area contributed by atoms with Crippen molar-refractivity contribution in [2.45, 2.75) is 31.5 Å². The molecule has 0 spiro atoms. The Morgan fingerprint density at radius 1 is 1.23 bits per heavy atom. The highest BCUT2D eigenvalue weighted by atomic mass is 19.1. The molecule has 1 unspecified atom stereocenters. The summed E-state index contributed by atoms with van der Waals surface area (Å²) in [5.41, 5.74) is 1.43. The molecule has 8 heteroatoms. The zero-order chi connectivity index (χ0) is 21.8. The van der Waals surface area contributed by atoms with Gasteiger partial charge in [0.2, 0.25) is 11.8 Å². The standard InChI is InChI=1S/C23H25FN2O5/c1-29-19-9-4-15(11-20(19)31-23-3-2-10-30-23)16-12-22(28)26(13-16)14-21(27)25-18-7-5-17(24)6-8-18/h4-9,11,16,23H,2-3,10,12-14H2,1H3,(H,25,27)/t16-,23?/m1/s1. The van der Waals surface area contributed by atoms with Crippen molar-refractivity contribution in [1.82, 2.24) is 4.90 Å². The normalized spacial score (nSPS) is 20.7. The number of carbonyl (C=O) groups excluding carboxylic acids is 2. The van der Waals surface area contributed by atoms with Gasteiger partial charge in [0.1, 0.15) is 5.82 Å². The molecule has 2 saturated heterocycles. The lowest BCUT2D eigenvalue weighted by atomic mass is 9.98. The minimum absolute atomic E-state index is 0.0520. The Morgan fingerprint density at radius 2 is 2.03 bits per heavy atom. The quantitative estimate of drug-likeness (QED) is 0.732. The van der Waals surface area contributed by atoms with Gasteiger partial charge in [-0.2, -0.15) is 0 Å². The van der Waals surface area contributed by atoms with Crippen LogP contribution >= 0.6 is 0 Å². The number of ether oxygens (including phenoxy) is 3. The molecule has 2 aromatic rings. The molecular weight excluding hydrogens is 403 g/mol. The average molecular weight is 428 g/mol. The summed E-state index contributed by atoms with van der Waals surface area (Å²) in [6, 6.07) is 11.1. The van der Waals surface area contributed by atoms with E-state index in [9.17, 15) is 14.0 Å². The minimum atomic E-state index is -0.377. The van der Waals surface area contributed by atoms with Crippen LogP contribution < -0.4 is 14.8 Å². The lowest BCUT2D eigenvalue weighted by Gasteiger charge is -2.19. The molecule has 0 aromatic heterocycles. The molecule has 0 bridgehead atoms. The van der Waals surface area contributed by atoms with Gasteiger partial charge in [0, 0.05) is 31.0 Å². The van der Waals surface area contributed by atoms with Crippen LogP contribution in [0.15, 0.2) is 42.5 Å². The zero-order valence-electron chi connectivity index (χ0n) is 17.3. The summed E-state index contributed by atoms with van der Waals surface area (Å²) in [5.74, 6) is 0.363. The van der Waals surface area contributed by atoms with Gasteiger partial charge < -0.3 is 24.4 Å². The van der Waals surface area contributed by atoms with Crippen LogP contribution in [0.25, 0.3) is 0 Å². The first-order valence-electron chi connectivity index (χ1n) is 10.3. The topological polar surface area (TPSA) is 77.1 Å². The lowest BCUT2D eigenvalue weighted by Crippen LogP contribution is -2.34. The number of nitrogens with one attached hydrogen (secondary N) is 1. The molecule has 31 heavy (non-hydrogen) atoms. The molecule has 2 atom stereocenters. The van der Waals surface area contributed by atoms with Gasteiger partial charge in [0.15, 0.2) is 17.8 Å². The van der Waals surface area contributed by atoms with E-state index in [1.54, 1.807) is 7.11 Å². The van der Waals surface area contributed by atoms with E-state index in [2.05, 4.69) is 5.32 Å². The van der Waals surface area contributed by atoms with Crippen LogP contribution in [0.3, 0.4) is 0 Å². The maximum absolute atomic E-state index is 13.0. The molecule has 1 N–H and O–H groups in total. The van der Waals surface area contributed by atoms with Crippen LogP contribution in [0.4, 0.5) is 10.1 Å². The van der Waals surface area contributed by atoms with Crippen LogP contribution in [-0.4, -0.2) is 49.8 Å². The summed E-state index contributed by atoms with van der Waals surface area (Å²) in [7, 11) is 1.58. The Hall–Kier alpha value is -3.13. The highest BCUT2D eigenvalue weighted by molar-refractivity contribution is 5.95. The summed E-state index contributed by atoms with van der Waals surface area (Å²) in [6.45, 7) is 1.06. The van der Waals surface area contributed by atoms with E-state index < -0.39 is 0 Å². The molecule has 2 amide bonds. The molecule has 0 aliphatic carbocycles. The molecule has 2 aliphatic rings. The summed E-state index contributed by atoms with van der Waals surface area (Å²) in [4.78, 5) is 26.4. The summed E-state index contributed by atoms with van der Waals surface area (Å²) in [6.07, 6.45) is 1.81. The Bertz CT molecular complexity index is 943. The predicted octanol–water partition coefficient (Wildman–Crippen LogP) is 3.30. The summed E-state index contributed by atoms with van der Waals surface area (Å²) >= 11 is 0. The van der Waals surface area contributed by atoms with Crippen LogP contribution in [0, 0.1) is 5.82 Å². The van der Waals surface area contributed by atoms with Crippen molar-refractivity contribution in [2.24, 2.45) is 0 Å². The fourth-order valence-electron chi connectivity index (χ4n) is 3.88. The third kappa shape index (κ3) is 5.14. The Balaban J connectivity index is 1.40. The number of anilines is 1. The van der Waals surface area contributed by atoms with Crippen molar-refractivity contribution in [3.8, 4) is 11.5 Å². The Kier molecular flexibility index (Phi) is 6.36. The number of nitrogens with zero attached hydrogens (tertiary/aromatic N) is 1. The van der Waals surface area contributed by atoms with Crippen molar-refractivity contribution < 1.29 is 28.2 Å². The Labute approximate surface area is 180 Å². The van der Waals surface area contributed by atoms with E-state index >= 15 is 0 Å². The number of carbonyl (C=O) groups is 2. The fraction of sp³-hybridized carbons (Fsp3) is 0.391. The van der Waals surface area contributed by atoms with E-state index in [-0.39, 0.29) is 36.4 Å². The minimum Gasteiger partial charge on any atom is -0.493 e. The SMILES string of the molecule is COc1ccc([C@@H]2CC(=O)N(CC(=O)Nc3ccc(F)cc3)C2)cc1OC1CCCO1. The van der Waals surface area contributed by atoms with E-state index in [1.165, 1.54) is 29.2 Å². The maximum atomic E-state index is 13.0. The molecule has 2 fully saturated rings. The number of hydrogen-bond donors (Lipinski definition) is 1. The number of amides is 2. The molecular formula is C23H25FN2O5. The van der Waals surface area contributed by atoms with E-state index in [1.807, 2.05) is 18.2 Å². The number of likely N-dealkylation sites (tertiary alicyclic amines) is 1.